The van der Waals surface area contributed by atoms with Gasteiger partial charge in [0.2, 0.25) is 0 Å². The van der Waals surface area contributed by atoms with Crippen LogP contribution in [0.2, 0.25) is 0 Å². The van der Waals surface area contributed by atoms with Gasteiger partial charge in [-0.25, -0.2) is 8.42 Å². The molecule has 0 bridgehead atoms. The van der Waals surface area contributed by atoms with Crippen LogP contribution < -0.4 is 10.5 Å². The summed E-state index contributed by atoms with van der Waals surface area (Å²) in [5.41, 5.74) is 6.99. The Balaban J connectivity index is 2.18. The first-order valence-electron chi connectivity index (χ1n) is 6.44. The van der Waals surface area contributed by atoms with Crippen LogP contribution in [0.3, 0.4) is 0 Å². The van der Waals surface area contributed by atoms with E-state index in [0.29, 0.717) is 16.7 Å². The second-order valence-electron chi connectivity index (χ2n) is 4.50. The number of anilines is 1. The standard InChI is InChI=1S/C14H16BrN3O2S/c15-13-10-17-9-7-14(13)18-21(19,20)12-5-3-11(4-6-12)2-1-8-16/h3-7,9-10H,1-2,8,16H2,(H,17,18). The molecule has 1 aromatic heterocycles. The van der Waals surface area contributed by atoms with Crippen molar-refractivity contribution in [2.45, 2.75) is 17.7 Å². The molecule has 0 aliphatic rings. The minimum Gasteiger partial charge on any atom is -0.330 e. The van der Waals surface area contributed by atoms with E-state index in [4.69, 9.17) is 5.73 Å². The highest BCUT2D eigenvalue weighted by Gasteiger charge is 2.15. The number of aromatic nitrogens is 1. The van der Waals surface area contributed by atoms with E-state index in [1.54, 1.807) is 18.2 Å². The maximum Gasteiger partial charge on any atom is 0.261 e. The summed E-state index contributed by atoms with van der Waals surface area (Å²) in [6.45, 7) is 0.623. The van der Waals surface area contributed by atoms with Crippen molar-refractivity contribution < 1.29 is 8.42 Å². The number of nitrogens with two attached hydrogens (primary N) is 1. The lowest BCUT2D eigenvalue weighted by Gasteiger charge is -2.10. The van der Waals surface area contributed by atoms with Gasteiger partial charge in [0.05, 0.1) is 15.1 Å². The fourth-order valence-corrected chi connectivity index (χ4v) is 3.36. The van der Waals surface area contributed by atoms with Gasteiger partial charge in [-0.15, -0.1) is 0 Å². The molecule has 21 heavy (non-hydrogen) atoms. The van der Waals surface area contributed by atoms with Crippen molar-refractivity contribution in [1.82, 2.24) is 4.98 Å². The Hall–Kier alpha value is -1.44. The monoisotopic (exact) mass is 369 g/mol. The quantitative estimate of drug-likeness (QED) is 0.818. The van der Waals surface area contributed by atoms with Gasteiger partial charge in [-0.1, -0.05) is 12.1 Å². The summed E-state index contributed by atoms with van der Waals surface area (Å²) in [6, 6.07) is 8.42. The molecular formula is C14H16BrN3O2S. The second-order valence-corrected chi connectivity index (χ2v) is 7.03. The van der Waals surface area contributed by atoms with Gasteiger partial charge in [0.15, 0.2) is 0 Å². The minimum atomic E-state index is -3.61. The fraction of sp³-hybridized carbons (Fsp3) is 0.214. The van der Waals surface area contributed by atoms with Crippen molar-refractivity contribution in [3.05, 3.63) is 52.8 Å². The molecule has 2 rings (SSSR count). The SMILES string of the molecule is NCCCc1ccc(S(=O)(=O)Nc2ccncc2Br)cc1. The van der Waals surface area contributed by atoms with Gasteiger partial charge in [0.1, 0.15) is 0 Å². The third-order valence-corrected chi connectivity index (χ3v) is 4.93. The van der Waals surface area contributed by atoms with Gasteiger partial charge in [-0.2, -0.15) is 0 Å². The zero-order valence-electron chi connectivity index (χ0n) is 11.3. The Kier molecular flexibility index (Phi) is 5.33. The molecule has 0 fully saturated rings. The van der Waals surface area contributed by atoms with Gasteiger partial charge in [-0.3, -0.25) is 9.71 Å². The molecule has 0 atom stereocenters. The van der Waals surface area contributed by atoms with Gasteiger partial charge >= 0.3 is 0 Å². The number of aryl methyl sites for hydroxylation is 1. The second kappa shape index (κ2) is 7.02. The summed E-state index contributed by atoms with van der Waals surface area (Å²) in [5, 5.41) is 0. The third-order valence-electron chi connectivity index (χ3n) is 2.92. The van der Waals surface area contributed by atoms with Crippen LogP contribution in [0.1, 0.15) is 12.0 Å². The largest absolute Gasteiger partial charge is 0.330 e. The van der Waals surface area contributed by atoms with E-state index in [2.05, 4.69) is 25.6 Å². The minimum absolute atomic E-state index is 0.225. The van der Waals surface area contributed by atoms with E-state index in [1.165, 1.54) is 12.4 Å². The van der Waals surface area contributed by atoms with Gasteiger partial charge in [0, 0.05) is 12.4 Å². The van der Waals surface area contributed by atoms with Crippen LogP contribution in [0.25, 0.3) is 0 Å². The van der Waals surface area contributed by atoms with Crippen molar-refractivity contribution in [3.8, 4) is 0 Å². The smallest absolute Gasteiger partial charge is 0.261 e. The van der Waals surface area contributed by atoms with Crippen LogP contribution in [-0.2, 0) is 16.4 Å². The number of pyridine rings is 1. The van der Waals surface area contributed by atoms with Crippen molar-refractivity contribution in [2.24, 2.45) is 5.73 Å². The molecule has 5 nitrogen and oxygen atoms in total. The van der Waals surface area contributed by atoms with Crippen molar-refractivity contribution >= 4 is 31.6 Å². The van der Waals surface area contributed by atoms with E-state index in [1.807, 2.05) is 12.1 Å². The Morgan fingerprint density at radius 1 is 1.19 bits per heavy atom. The molecule has 1 heterocycles. The molecule has 2 aromatic rings. The van der Waals surface area contributed by atoms with Crippen LogP contribution in [0.4, 0.5) is 5.69 Å². The number of sulfonamides is 1. The summed E-state index contributed by atoms with van der Waals surface area (Å²) < 4.78 is 27.7. The molecular weight excluding hydrogens is 354 g/mol. The van der Waals surface area contributed by atoms with Gasteiger partial charge in [0.25, 0.3) is 10.0 Å². The molecule has 0 saturated carbocycles. The lowest BCUT2D eigenvalue weighted by atomic mass is 10.1. The van der Waals surface area contributed by atoms with Crippen molar-refractivity contribution in [2.75, 3.05) is 11.3 Å². The number of hydrogen-bond donors (Lipinski definition) is 2. The predicted molar refractivity (Wildman–Crippen MR) is 86.6 cm³/mol. The first kappa shape index (κ1) is 15.9. The molecule has 0 amide bonds. The summed E-state index contributed by atoms with van der Waals surface area (Å²) in [6.07, 6.45) is 4.79. The highest BCUT2D eigenvalue weighted by Crippen LogP contribution is 2.23. The van der Waals surface area contributed by atoms with E-state index >= 15 is 0 Å². The molecule has 0 aliphatic heterocycles. The van der Waals surface area contributed by atoms with Crippen molar-refractivity contribution in [3.63, 3.8) is 0 Å². The Labute approximate surface area is 132 Å². The van der Waals surface area contributed by atoms with E-state index in [9.17, 15) is 8.42 Å². The molecule has 3 N–H and O–H groups in total. The van der Waals surface area contributed by atoms with Crippen molar-refractivity contribution in [1.29, 1.82) is 0 Å². The lowest BCUT2D eigenvalue weighted by molar-refractivity contribution is 0.601. The molecule has 0 spiro atoms. The summed E-state index contributed by atoms with van der Waals surface area (Å²) in [7, 11) is -3.61. The topological polar surface area (TPSA) is 85.1 Å². The van der Waals surface area contributed by atoms with E-state index in [0.717, 1.165) is 18.4 Å². The van der Waals surface area contributed by atoms with E-state index < -0.39 is 10.0 Å². The average molecular weight is 370 g/mol. The number of hydrogen-bond acceptors (Lipinski definition) is 4. The van der Waals surface area contributed by atoms with Gasteiger partial charge < -0.3 is 5.73 Å². The van der Waals surface area contributed by atoms with Crippen LogP contribution in [-0.4, -0.2) is 19.9 Å². The Morgan fingerprint density at radius 3 is 2.52 bits per heavy atom. The summed E-state index contributed by atoms with van der Waals surface area (Å²) >= 11 is 3.26. The highest BCUT2D eigenvalue weighted by atomic mass is 79.9. The molecule has 112 valence electrons. The molecule has 0 radical (unpaired) electrons. The summed E-state index contributed by atoms with van der Waals surface area (Å²) in [4.78, 5) is 4.12. The fourth-order valence-electron chi connectivity index (χ4n) is 1.80. The number of benzene rings is 1. The van der Waals surface area contributed by atoms with E-state index in [-0.39, 0.29) is 4.90 Å². The van der Waals surface area contributed by atoms with Crippen LogP contribution in [0.5, 0.6) is 0 Å². The highest BCUT2D eigenvalue weighted by molar-refractivity contribution is 9.10. The Bertz CT molecular complexity index is 702. The zero-order valence-corrected chi connectivity index (χ0v) is 13.7. The third kappa shape index (κ3) is 4.26. The molecule has 0 aliphatic carbocycles. The lowest BCUT2D eigenvalue weighted by Crippen LogP contribution is -2.13. The number of nitrogens with zero attached hydrogens (tertiary/aromatic N) is 1. The van der Waals surface area contributed by atoms with Crippen LogP contribution in [0, 0.1) is 0 Å². The number of nitrogens with one attached hydrogen (secondary N) is 1. The first-order valence-corrected chi connectivity index (χ1v) is 8.72. The number of rotatable bonds is 6. The predicted octanol–water partition coefficient (Wildman–Crippen LogP) is 2.54. The first-order chi connectivity index (χ1) is 10.0. The van der Waals surface area contributed by atoms with Gasteiger partial charge in [-0.05, 0) is 59.1 Å². The molecule has 1 aromatic carbocycles. The van der Waals surface area contributed by atoms with Crippen LogP contribution >= 0.6 is 15.9 Å². The molecule has 0 unspecified atom stereocenters. The molecule has 0 saturated heterocycles. The normalized spacial score (nSPS) is 11.3. The number of halogens is 1. The average Bonchev–Trinajstić information content (AvgIpc) is 2.48. The zero-order chi connectivity index (χ0) is 15.3. The maximum atomic E-state index is 12.3. The summed E-state index contributed by atoms with van der Waals surface area (Å²) in [5.74, 6) is 0. The molecule has 7 heteroatoms. The maximum absolute atomic E-state index is 12.3. The Morgan fingerprint density at radius 2 is 1.90 bits per heavy atom. The van der Waals surface area contributed by atoms with Crippen LogP contribution in [0.15, 0.2) is 52.1 Å².